The predicted octanol–water partition coefficient (Wildman–Crippen LogP) is 2.74. The molecule has 2 rings (SSSR count). The SMILES string of the molecule is CCc1sc(C(=O)Nc2ccc(OCC(N)=O)cc2)cc1C. The van der Waals surface area contributed by atoms with Crippen LogP contribution in [0.5, 0.6) is 5.75 Å². The van der Waals surface area contributed by atoms with Gasteiger partial charge in [0.15, 0.2) is 6.61 Å². The van der Waals surface area contributed by atoms with E-state index in [-0.39, 0.29) is 12.5 Å². The number of primary amides is 1. The Labute approximate surface area is 133 Å². The molecule has 0 aliphatic heterocycles. The third kappa shape index (κ3) is 4.08. The molecule has 0 atom stereocenters. The van der Waals surface area contributed by atoms with Crippen molar-refractivity contribution in [2.24, 2.45) is 5.73 Å². The van der Waals surface area contributed by atoms with Crippen LogP contribution in [0.15, 0.2) is 30.3 Å². The topological polar surface area (TPSA) is 81.4 Å². The molecule has 0 aliphatic rings. The zero-order chi connectivity index (χ0) is 16.1. The molecular formula is C16H18N2O3S. The van der Waals surface area contributed by atoms with Crippen LogP contribution in [0.3, 0.4) is 0 Å². The van der Waals surface area contributed by atoms with E-state index in [4.69, 9.17) is 10.5 Å². The lowest BCUT2D eigenvalue weighted by molar-refractivity contribution is -0.119. The average molecular weight is 318 g/mol. The number of hydrogen-bond donors (Lipinski definition) is 2. The molecule has 1 aromatic heterocycles. The summed E-state index contributed by atoms with van der Waals surface area (Å²) in [6.45, 7) is 3.92. The Kier molecular flexibility index (Phi) is 5.16. The first-order valence-electron chi connectivity index (χ1n) is 6.91. The molecule has 0 aliphatic carbocycles. The Morgan fingerprint density at radius 1 is 1.27 bits per heavy atom. The van der Waals surface area contributed by atoms with Crippen molar-refractivity contribution in [2.45, 2.75) is 20.3 Å². The van der Waals surface area contributed by atoms with Crippen LogP contribution >= 0.6 is 11.3 Å². The van der Waals surface area contributed by atoms with Gasteiger partial charge in [-0.05, 0) is 49.2 Å². The van der Waals surface area contributed by atoms with Crippen LogP contribution < -0.4 is 15.8 Å². The number of hydrogen-bond acceptors (Lipinski definition) is 4. The lowest BCUT2D eigenvalue weighted by atomic mass is 10.2. The highest BCUT2D eigenvalue weighted by Gasteiger charge is 2.12. The highest BCUT2D eigenvalue weighted by Crippen LogP contribution is 2.24. The van der Waals surface area contributed by atoms with Gasteiger partial charge in [-0.15, -0.1) is 11.3 Å². The summed E-state index contributed by atoms with van der Waals surface area (Å²) >= 11 is 1.51. The minimum atomic E-state index is -0.530. The maximum Gasteiger partial charge on any atom is 0.265 e. The van der Waals surface area contributed by atoms with Crippen molar-refractivity contribution in [1.29, 1.82) is 0 Å². The Hall–Kier alpha value is -2.34. The van der Waals surface area contributed by atoms with Gasteiger partial charge in [0.25, 0.3) is 11.8 Å². The van der Waals surface area contributed by atoms with Crippen LogP contribution in [0.25, 0.3) is 0 Å². The summed E-state index contributed by atoms with van der Waals surface area (Å²) in [6.07, 6.45) is 0.926. The standard InChI is InChI=1S/C16H18N2O3S/c1-3-13-10(2)8-14(22-13)16(20)18-11-4-6-12(7-5-11)21-9-15(17)19/h4-8H,3,9H2,1-2H3,(H2,17,19)(H,18,20). The Morgan fingerprint density at radius 2 is 1.95 bits per heavy atom. The van der Waals surface area contributed by atoms with Crippen LogP contribution in [0.1, 0.15) is 27.0 Å². The number of anilines is 1. The minimum Gasteiger partial charge on any atom is -0.484 e. The summed E-state index contributed by atoms with van der Waals surface area (Å²) in [5.74, 6) is -0.132. The Morgan fingerprint density at radius 3 is 2.50 bits per heavy atom. The molecule has 0 fully saturated rings. The van der Waals surface area contributed by atoms with Gasteiger partial charge >= 0.3 is 0 Å². The third-order valence-electron chi connectivity index (χ3n) is 3.06. The molecule has 1 heterocycles. The molecule has 0 saturated carbocycles. The number of carbonyl (C=O) groups is 2. The predicted molar refractivity (Wildman–Crippen MR) is 87.5 cm³/mol. The molecule has 0 bridgehead atoms. The first-order valence-corrected chi connectivity index (χ1v) is 7.73. The van der Waals surface area contributed by atoms with Gasteiger partial charge in [0.2, 0.25) is 0 Å². The third-order valence-corrected chi connectivity index (χ3v) is 4.44. The maximum absolute atomic E-state index is 12.2. The number of nitrogens with two attached hydrogens (primary N) is 1. The monoisotopic (exact) mass is 318 g/mol. The normalized spacial score (nSPS) is 10.3. The Bertz CT molecular complexity index is 677. The first-order chi connectivity index (χ1) is 10.5. The molecule has 0 saturated heterocycles. The van der Waals surface area contributed by atoms with Crippen LogP contribution in [-0.2, 0) is 11.2 Å². The molecule has 116 valence electrons. The Balaban J connectivity index is 2.00. The largest absolute Gasteiger partial charge is 0.484 e. The fourth-order valence-corrected chi connectivity index (χ4v) is 2.97. The number of amides is 2. The summed E-state index contributed by atoms with van der Waals surface area (Å²) in [7, 11) is 0. The van der Waals surface area contributed by atoms with Crippen molar-refractivity contribution in [3.63, 3.8) is 0 Å². The second kappa shape index (κ2) is 7.09. The molecule has 6 heteroatoms. The number of nitrogens with one attached hydrogen (secondary N) is 1. The van der Waals surface area contributed by atoms with Gasteiger partial charge in [0.05, 0.1) is 4.88 Å². The van der Waals surface area contributed by atoms with Gasteiger partial charge < -0.3 is 15.8 Å². The number of thiophene rings is 1. The lowest BCUT2D eigenvalue weighted by Crippen LogP contribution is -2.20. The van der Waals surface area contributed by atoms with Crippen LogP contribution in [0, 0.1) is 6.92 Å². The molecule has 0 unspecified atom stereocenters. The second-order valence-electron chi connectivity index (χ2n) is 4.80. The highest BCUT2D eigenvalue weighted by molar-refractivity contribution is 7.14. The van der Waals surface area contributed by atoms with E-state index >= 15 is 0 Å². The molecule has 3 N–H and O–H groups in total. The minimum absolute atomic E-state index is 0.126. The fraction of sp³-hybridized carbons (Fsp3) is 0.250. The van der Waals surface area contributed by atoms with Gasteiger partial charge in [-0.1, -0.05) is 6.92 Å². The number of ether oxygens (including phenoxy) is 1. The second-order valence-corrected chi connectivity index (χ2v) is 5.94. The van der Waals surface area contributed by atoms with E-state index in [1.165, 1.54) is 16.2 Å². The molecule has 0 radical (unpaired) electrons. The fourth-order valence-electron chi connectivity index (χ4n) is 1.96. The van der Waals surface area contributed by atoms with E-state index in [2.05, 4.69) is 12.2 Å². The molecule has 5 nitrogen and oxygen atoms in total. The molecule has 2 amide bonds. The number of carbonyl (C=O) groups excluding carboxylic acids is 2. The summed E-state index contributed by atoms with van der Waals surface area (Å²) < 4.78 is 5.16. The van der Waals surface area contributed by atoms with E-state index in [0.29, 0.717) is 16.3 Å². The average Bonchev–Trinajstić information content (AvgIpc) is 2.87. The van der Waals surface area contributed by atoms with Crippen molar-refractivity contribution in [1.82, 2.24) is 0 Å². The highest BCUT2D eigenvalue weighted by atomic mass is 32.1. The molecule has 0 spiro atoms. The van der Waals surface area contributed by atoms with Crippen LogP contribution in [0.4, 0.5) is 5.69 Å². The van der Waals surface area contributed by atoms with Crippen molar-refractivity contribution >= 4 is 28.8 Å². The maximum atomic E-state index is 12.2. The van der Waals surface area contributed by atoms with Crippen molar-refractivity contribution < 1.29 is 14.3 Å². The lowest BCUT2D eigenvalue weighted by Gasteiger charge is -2.06. The van der Waals surface area contributed by atoms with Crippen molar-refractivity contribution in [2.75, 3.05) is 11.9 Å². The molecule has 1 aromatic carbocycles. The summed E-state index contributed by atoms with van der Waals surface area (Å²) in [5, 5.41) is 2.84. The van der Waals surface area contributed by atoms with Gasteiger partial charge in [-0.25, -0.2) is 0 Å². The van der Waals surface area contributed by atoms with Gasteiger partial charge in [-0.2, -0.15) is 0 Å². The quantitative estimate of drug-likeness (QED) is 0.859. The van der Waals surface area contributed by atoms with E-state index in [9.17, 15) is 9.59 Å². The zero-order valence-electron chi connectivity index (χ0n) is 12.5. The van der Waals surface area contributed by atoms with E-state index in [0.717, 1.165) is 12.0 Å². The summed E-state index contributed by atoms with van der Waals surface area (Å²) in [6, 6.07) is 8.69. The van der Waals surface area contributed by atoms with E-state index < -0.39 is 5.91 Å². The number of rotatable bonds is 6. The van der Waals surface area contributed by atoms with Crippen molar-refractivity contribution in [3.05, 3.63) is 45.6 Å². The van der Waals surface area contributed by atoms with E-state index in [1.54, 1.807) is 24.3 Å². The van der Waals surface area contributed by atoms with Gasteiger partial charge in [-0.3, -0.25) is 9.59 Å². The van der Waals surface area contributed by atoms with Gasteiger partial charge in [0, 0.05) is 10.6 Å². The number of benzene rings is 1. The smallest absolute Gasteiger partial charge is 0.265 e. The van der Waals surface area contributed by atoms with Crippen LogP contribution in [-0.4, -0.2) is 18.4 Å². The van der Waals surface area contributed by atoms with Crippen LogP contribution in [0.2, 0.25) is 0 Å². The van der Waals surface area contributed by atoms with Crippen molar-refractivity contribution in [3.8, 4) is 5.75 Å². The van der Waals surface area contributed by atoms with Gasteiger partial charge in [0.1, 0.15) is 5.75 Å². The number of aryl methyl sites for hydroxylation is 2. The molecule has 2 aromatic rings. The first kappa shape index (κ1) is 16.0. The molecule has 22 heavy (non-hydrogen) atoms. The summed E-state index contributed by atoms with van der Waals surface area (Å²) in [5.41, 5.74) is 6.82. The van der Waals surface area contributed by atoms with E-state index in [1.807, 2.05) is 13.0 Å². The molecular weight excluding hydrogens is 300 g/mol. The summed E-state index contributed by atoms with van der Waals surface area (Å²) in [4.78, 5) is 24.8. The zero-order valence-corrected chi connectivity index (χ0v) is 13.3.